The van der Waals surface area contributed by atoms with Crippen LogP contribution < -0.4 is 10.6 Å². The maximum Gasteiger partial charge on any atom is 0.242 e. The van der Waals surface area contributed by atoms with E-state index in [-0.39, 0.29) is 29.8 Å². The highest BCUT2D eigenvalue weighted by Crippen LogP contribution is 2.30. The SMILES string of the molecule is CC1(NC(=O)Cn2nc(C3CCC(=O)NC3=O)c3ccccc32)CCOCC1. The van der Waals surface area contributed by atoms with Gasteiger partial charge in [0.05, 0.1) is 17.1 Å². The van der Waals surface area contributed by atoms with E-state index in [0.29, 0.717) is 31.7 Å². The van der Waals surface area contributed by atoms with Crippen molar-refractivity contribution in [2.24, 2.45) is 0 Å². The minimum atomic E-state index is -0.486. The molecular weight excluding hydrogens is 360 g/mol. The summed E-state index contributed by atoms with van der Waals surface area (Å²) in [5.41, 5.74) is 1.14. The molecule has 1 unspecified atom stereocenters. The summed E-state index contributed by atoms with van der Waals surface area (Å²) in [4.78, 5) is 36.5. The molecule has 0 spiro atoms. The molecule has 1 aromatic carbocycles. The van der Waals surface area contributed by atoms with Crippen LogP contribution in [0.4, 0.5) is 0 Å². The highest BCUT2D eigenvalue weighted by Gasteiger charge is 2.33. The van der Waals surface area contributed by atoms with Gasteiger partial charge in [0, 0.05) is 30.6 Å². The number of nitrogens with zero attached hydrogens (tertiary/aromatic N) is 2. The first-order valence-electron chi connectivity index (χ1n) is 9.63. The van der Waals surface area contributed by atoms with Crippen molar-refractivity contribution in [2.45, 2.75) is 50.6 Å². The van der Waals surface area contributed by atoms with Crippen molar-refractivity contribution < 1.29 is 19.1 Å². The molecule has 4 rings (SSSR count). The number of rotatable bonds is 4. The zero-order chi connectivity index (χ0) is 19.7. The second-order valence-corrected chi connectivity index (χ2v) is 7.78. The Morgan fingerprint density at radius 3 is 2.82 bits per heavy atom. The number of hydrogen-bond donors (Lipinski definition) is 2. The molecule has 3 heterocycles. The van der Waals surface area contributed by atoms with Crippen molar-refractivity contribution in [1.29, 1.82) is 0 Å². The predicted molar refractivity (Wildman–Crippen MR) is 101 cm³/mol. The van der Waals surface area contributed by atoms with Crippen molar-refractivity contribution in [3.8, 4) is 0 Å². The maximum atomic E-state index is 12.7. The molecule has 2 aliphatic rings. The largest absolute Gasteiger partial charge is 0.381 e. The summed E-state index contributed by atoms with van der Waals surface area (Å²) < 4.78 is 7.03. The quantitative estimate of drug-likeness (QED) is 0.772. The second kappa shape index (κ2) is 7.35. The number of imide groups is 1. The van der Waals surface area contributed by atoms with Gasteiger partial charge in [-0.2, -0.15) is 5.10 Å². The first-order valence-corrected chi connectivity index (χ1v) is 9.63. The lowest BCUT2D eigenvalue weighted by atomic mass is 9.92. The summed E-state index contributed by atoms with van der Waals surface area (Å²) in [5, 5.41) is 10.9. The van der Waals surface area contributed by atoms with Crippen molar-refractivity contribution in [3.63, 3.8) is 0 Å². The van der Waals surface area contributed by atoms with E-state index >= 15 is 0 Å². The molecule has 2 saturated heterocycles. The summed E-state index contributed by atoms with van der Waals surface area (Å²) >= 11 is 0. The zero-order valence-electron chi connectivity index (χ0n) is 15.9. The minimum absolute atomic E-state index is 0.0736. The lowest BCUT2D eigenvalue weighted by molar-refractivity contribution is -0.134. The van der Waals surface area contributed by atoms with Gasteiger partial charge in [0.1, 0.15) is 6.54 Å². The molecule has 3 amide bonds. The van der Waals surface area contributed by atoms with E-state index in [2.05, 4.69) is 15.7 Å². The standard InChI is InChI=1S/C20H24N4O4/c1-20(8-10-28-11-9-20)22-17(26)12-24-15-5-3-2-4-13(15)18(23-24)14-6-7-16(25)21-19(14)27/h2-5,14H,6-12H2,1H3,(H,22,26)(H,21,25,27). The Labute approximate surface area is 162 Å². The number of benzene rings is 1. The number of carbonyl (C=O) groups excluding carboxylic acids is 3. The molecule has 148 valence electrons. The van der Waals surface area contributed by atoms with Crippen molar-refractivity contribution >= 4 is 28.6 Å². The summed E-state index contributed by atoms with van der Waals surface area (Å²) in [6, 6.07) is 7.55. The topological polar surface area (TPSA) is 102 Å². The fraction of sp³-hybridized carbons (Fsp3) is 0.500. The number of carbonyl (C=O) groups is 3. The molecule has 2 aliphatic heterocycles. The Balaban J connectivity index is 1.58. The van der Waals surface area contributed by atoms with Crippen LogP contribution in [0.5, 0.6) is 0 Å². The Kier molecular flexibility index (Phi) is 4.89. The van der Waals surface area contributed by atoms with Gasteiger partial charge < -0.3 is 10.1 Å². The molecule has 1 aromatic heterocycles. The van der Waals surface area contributed by atoms with Crippen LogP contribution >= 0.6 is 0 Å². The summed E-state index contributed by atoms with van der Waals surface area (Å²) in [5.74, 6) is -1.19. The number of hydrogen-bond acceptors (Lipinski definition) is 5. The van der Waals surface area contributed by atoms with Gasteiger partial charge in [0.25, 0.3) is 0 Å². The smallest absolute Gasteiger partial charge is 0.242 e. The van der Waals surface area contributed by atoms with Crippen LogP contribution in [0, 0.1) is 0 Å². The molecular formula is C20H24N4O4. The second-order valence-electron chi connectivity index (χ2n) is 7.78. The molecule has 28 heavy (non-hydrogen) atoms. The minimum Gasteiger partial charge on any atom is -0.381 e. The number of fused-ring (bicyclic) bond motifs is 1. The molecule has 2 aromatic rings. The first-order chi connectivity index (χ1) is 13.5. The van der Waals surface area contributed by atoms with E-state index in [1.165, 1.54) is 0 Å². The molecule has 0 saturated carbocycles. The fourth-order valence-corrected chi connectivity index (χ4v) is 3.94. The Morgan fingerprint density at radius 2 is 2.07 bits per heavy atom. The number of ether oxygens (including phenoxy) is 1. The van der Waals surface area contributed by atoms with Crippen LogP contribution in [0.25, 0.3) is 10.9 Å². The van der Waals surface area contributed by atoms with Gasteiger partial charge in [-0.1, -0.05) is 18.2 Å². The van der Waals surface area contributed by atoms with Gasteiger partial charge in [0.15, 0.2) is 0 Å². The molecule has 0 bridgehead atoms. The van der Waals surface area contributed by atoms with E-state index in [1.807, 2.05) is 31.2 Å². The van der Waals surface area contributed by atoms with Crippen LogP contribution in [0.15, 0.2) is 24.3 Å². The van der Waals surface area contributed by atoms with E-state index in [9.17, 15) is 14.4 Å². The number of nitrogens with one attached hydrogen (secondary N) is 2. The normalized spacial score (nSPS) is 22.1. The molecule has 0 aliphatic carbocycles. The first kappa shape index (κ1) is 18.6. The molecule has 0 radical (unpaired) electrons. The zero-order valence-corrected chi connectivity index (χ0v) is 15.9. The van der Waals surface area contributed by atoms with E-state index < -0.39 is 5.92 Å². The molecule has 2 N–H and O–H groups in total. The van der Waals surface area contributed by atoms with Crippen LogP contribution in [0.3, 0.4) is 0 Å². The Hall–Kier alpha value is -2.74. The van der Waals surface area contributed by atoms with Gasteiger partial charge in [-0.3, -0.25) is 24.4 Å². The van der Waals surface area contributed by atoms with Crippen molar-refractivity contribution in [1.82, 2.24) is 20.4 Å². The van der Waals surface area contributed by atoms with Crippen molar-refractivity contribution in [3.05, 3.63) is 30.0 Å². The fourth-order valence-electron chi connectivity index (χ4n) is 3.94. The predicted octanol–water partition coefficient (Wildman–Crippen LogP) is 1.24. The maximum absolute atomic E-state index is 12.7. The van der Waals surface area contributed by atoms with Crippen LogP contribution in [-0.4, -0.2) is 46.3 Å². The van der Waals surface area contributed by atoms with Gasteiger partial charge in [-0.25, -0.2) is 0 Å². The van der Waals surface area contributed by atoms with E-state index in [1.54, 1.807) is 4.68 Å². The number of aromatic nitrogens is 2. The highest BCUT2D eigenvalue weighted by atomic mass is 16.5. The van der Waals surface area contributed by atoms with Crippen LogP contribution in [-0.2, 0) is 25.7 Å². The average molecular weight is 384 g/mol. The number of amides is 3. The lowest BCUT2D eigenvalue weighted by Gasteiger charge is -2.34. The average Bonchev–Trinajstić information content (AvgIpc) is 3.00. The molecule has 8 nitrogen and oxygen atoms in total. The monoisotopic (exact) mass is 384 g/mol. The van der Waals surface area contributed by atoms with E-state index in [0.717, 1.165) is 23.7 Å². The number of piperidine rings is 1. The molecule has 1 atom stereocenters. The third-order valence-corrected chi connectivity index (χ3v) is 5.59. The Morgan fingerprint density at radius 1 is 1.32 bits per heavy atom. The third-order valence-electron chi connectivity index (χ3n) is 5.59. The molecule has 2 fully saturated rings. The summed E-state index contributed by atoms with van der Waals surface area (Å²) in [6.45, 7) is 3.38. The lowest BCUT2D eigenvalue weighted by Crippen LogP contribution is -2.50. The van der Waals surface area contributed by atoms with Gasteiger partial charge >= 0.3 is 0 Å². The van der Waals surface area contributed by atoms with Gasteiger partial charge in [0.2, 0.25) is 17.7 Å². The summed E-state index contributed by atoms with van der Waals surface area (Å²) in [6.07, 6.45) is 2.27. The number of para-hydroxylation sites is 1. The van der Waals surface area contributed by atoms with Gasteiger partial charge in [-0.05, 0) is 32.3 Å². The highest BCUT2D eigenvalue weighted by molar-refractivity contribution is 6.02. The Bertz CT molecular complexity index is 929. The van der Waals surface area contributed by atoms with E-state index in [4.69, 9.17) is 4.74 Å². The molecule has 8 heteroatoms. The van der Waals surface area contributed by atoms with Crippen molar-refractivity contribution in [2.75, 3.05) is 13.2 Å². The van der Waals surface area contributed by atoms with Crippen LogP contribution in [0.1, 0.15) is 44.2 Å². The summed E-state index contributed by atoms with van der Waals surface area (Å²) in [7, 11) is 0. The van der Waals surface area contributed by atoms with Crippen LogP contribution in [0.2, 0.25) is 0 Å². The van der Waals surface area contributed by atoms with Gasteiger partial charge in [-0.15, -0.1) is 0 Å². The third kappa shape index (κ3) is 3.64.